The van der Waals surface area contributed by atoms with Crippen molar-refractivity contribution < 1.29 is 14.3 Å². The van der Waals surface area contributed by atoms with Gasteiger partial charge in [-0.3, -0.25) is 9.48 Å². The summed E-state index contributed by atoms with van der Waals surface area (Å²) in [5.74, 6) is 1.37. The van der Waals surface area contributed by atoms with Crippen LogP contribution in [-0.2, 0) is 18.4 Å². The molecule has 1 unspecified atom stereocenters. The summed E-state index contributed by atoms with van der Waals surface area (Å²) < 4.78 is 13.2. The molecule has 3 rings (SSSR count). The summed E-state index contributed by atoms with van der Waals surface area (Å²) in [6.45, 7) is 0.419. The first kappa shape index (κ1) is 22.0. The van der Waals surface area contributed by atoms with E-state index in [1.807, 2.05) is 31.4 Å². The summed E-state index contributed by atoms with van der Waals surface area (Å²) in [6.07, 6.45) is 8.37. The molecule has 2 aromatic rings. The molecule has 8 heteroatoms. The van der Waals surface area contributed by atoms with E-state index >= 15 is 0 Å². The van der Waals surface area contributed by atoms with Crippen LogP contribution in [0.3, 0.4) is 0 Å². The second-order valence-electron chi connectivity index (χ2n) is 6.90. The number of likely N-dealkylation sites (N-methyl/N-ethyl adjacent to an activating group) is 1. The Balaban J connectivity index is 0.00000280. The van der Waals surface area contributed by atoms with E-state index in [2.05, 4.69) is 15.7 Å². The Morgan fingerprint density at radius 3 is 2.68 bits per heavy atom. The standard InChI is InChI=1S/C20H28N4O3.ClH/c1-21-19(15-12-23-24(2)13-15)20(25)22-11-14-8-9-17(26-3)18(10-14)27-16-6-4-5-7-16;/h8-10,12-13,16,19,21H,4-7,11H2,1-3H3,(H,22,25);1H. The smallest absolute Gasteiger partial charge is 0.242 e. The Labute approximate surface area is 172 Å². The number of methoxy groups -OCH3 is 1. The minimum Gasteiger partial charge on any atom is -0.493 e. The first-order valence-corrected chi connectivity index (χ1v) is 9.37. The third kappa shape index (κ3) is 5.39. The van der Waals surface area contributed by atoms with Crippen molar-refractivity contribution in [2.24, 2.45) is 7.05 Å². The molecule has 0 bridgehead atoms. The van der Waals surface area contributed by atoms with Gasteiger partial charge in [0.05, 0.1) is 19.4 Å². The SMILES string of the molecule is CNC(C(=O)NCc1ccc(OC)c(OC2CCCC2)c1)c1cnn(C)c1.Cl. The minimum atomic E-state index is -0.439. The number of nitrogens with zero attached hydrogens (tertiary/aromatic N) is 2. The highest BCUT2D eigenvalue weighted by molar-refractivity contribution is 5.85. The van der Waals surface area contributed by atoms with Crippen molar-refractivity contribution in [1.82, 2.24) is 20.4 Å². The fraction of sp³-hybridized carbons (Fsp3) is 0.500. The van der Waals surface area contributed by atoms with Crippen LogP contribution in [0.1, 0.15) is 42.9 Å². The number of aromatic nitrogens is 2. The first-order chi connectivity index (χ1) is 13.1. The van der Waals surface area contributed by atoms with Crippen LogP contribution in [-0.4, -0.2) is 35.9 Å². The first-order valence-electron chi connectivity index (χ1n) is 9.37. The van der Waals surface area contributed by atoms with Crippen LogP contribution in [0.4, 0.5) is 0 Å². The van der Waals surface area contributed by atoms with Gasteiger partial charge in [0.25, 0.3) is 0 Å². The van der Waals surface area contributed by atoms with Gasteiger partial charge in [0.1, 0.15) is 6.04 Å². The molecule has 1 aliphatic carbocycles. The van der Waals surface area contributed by atoms with Gasteiger partial charge in [-0.1, -0.05) is 6.07 Å². The number of aryl methyl sites for hydroxylation is 1. The summed E-state index contributed by atoms with van der Waals surface area (Å²) in [5, 5.41) is 10.1. The van der Waals surface area contributed by atoms with E-state index < -0.39 is 6.04 Å². The molecular weight excluding hydrogens is 380 g/mol. The molecule has 1 aromatic carbocycles. The van der Waals surface area contributed by atoms with Crippen molar-refractivity contribution in [3.05, 3.63) is 41.7 Å². The third-order valence-electron chi connectivity index (χ3n) is 4.90. The van der Waals surface area contributed by atoms with E-state index in [1.54, 1.807) is 25.0 Å². The Hall–Kier alpha value is -2.25. The summed E-state index contributed by atoms with van der Waals surface area (Å²) >= 11 is 0. The van der Waals surface area contributed by atoms with Gasteiger partial charge in [-0.2, -0.15) is 5.10 Å². The van der Waals surface area contributed by atoms with Crippen LogP contribution >= 0.6 is 12.4 Å². The molecule has 2 N–H and O–H groups in total. The van der Waals surface area contributed by atoms with Crippen LogP contribution < -0.4 is 20.1 Å². The second-order valence-corrected chi connectivity index (χ2v) is 6.90. The van der Waals surface area contributed by atoms with Crippen LogP contribution in [0.2, 0.25) is 0 Å². The third-order valence-corrected chi connectivity index (χ3v) is 4.90. The topological polar surface area (TPSA) is 77.4 Å². The minimum absolute atomic E-state index is 0. The number of halogens is 1. The van der Waals surface area contributed by atoms with E-state index in [0.29, 0.717) is 6.54 Å². The quantitative estimate of drug-likeness (QED) is 0.702. The number of amides is 1. The second kappa shape index (κ2) is 10.3. The highest BCUT2D eigenvalue weighted by Crippen LogP contribution is 2.32. The number of benzene rings is 1. The van der Waals surface area contributed by atoms with Crippen molar-refractivity contribution in [2.45, 2.75) is 44.4 Å². The lowest BCUT2D eigenvalue weighted by atomic mass is 10.1. The van der Waals surface area contributed by atoms with Crippen molar-refractivity contribution in [1.29, 1.82) is 0 Å². The molecule has 1 heterocycles. The molecule has 0 radical (unpaired) electrons. The molecule has 28 heavy (non-hydrogen) atoms. The summed E-state index contributed by atoms with van der Waals surface area (Å²) in [6, 6.07) is 5.35. The number of hydrogen-bond donors (Lipinski definition) is 2. The van der Waals surface area contributed by atoms with Crippen LogP contribution in [0.15, 0.2) is 30.6 Å². The molecule has 1 amide bonds. The lowest BCUT2D eigenvalue weighted by molar-refractivity contribution is -0.123. The highest BCUT2D eigenvalue weighted by atomic mass is 35.5. The van der Waals surface area contributed by atoms with Crippen molar-refractivity contribution in [2.75, 3.05) is 14.2 Å². The lowest BCUT2D eigenvalue weighted by Crippen LogP contribution is -2.35. The van der Waals surface area contributed by atoms with Gasteiger partial charge in [0.15, 0.2) is 11.5 Å². The van der Waals surface area contributed by atoms with Gasteiger partial charge in [-0.15, -0.1) is 12.4 Å². The summed E-state index contributed by atoms with van der Waals surface area (Å²) in [5.41, 5.74) is 1.80. The van der Waals surface area contributed by atoms with Crippen molar-refractivity contribution >= 4 is 18.3 Å². The Morgan fingerprint density at radius 2 is 2.07 bits per heavy atom. The van der Waals surface area contributed by atoms with Crippen LogP contribution in [0.25, 0.3) is 0 Å². The Kier molecular flexibility index (Phi) is 8.14. The highest BCUT2D eigenvalue weighted by Gasteiger charge is 2.21. The van der Waals surface area contributed by atoms with Crippen LogP contribution in [0.5, 0.6) is 11.5 Å². The zero-order chi connectivity index (χ0) is 19.2. The van der Waals surface area contributed by atoms with Crippen molar-refractivity contribution in [3.8, 4) is 11.5 Å². The fourth-order valence-electron chi connectivity index (χ4n) is 3.44. The molecule has 1 fully saturated rings. The fourth-order valence-corrected chi connectivity index (χ4v) is 3.44. The number of carbonyl (C=O) groups excluding carboxylic acids is 1. The molecule has 1 saturated carbocycles. The van der Waals surface area contributed by atoms with Crippen LogP contribution in [0, 0.1) is 0 Å². The number of nitrogens with one attached hydrogen (secondary N) is 2. The lowest BCUT2D eigenvalue weighted by Gasteiger charge is -2.18. The average Bonchev–Trinajstić information content (AvgIpc) is 3.33. The maximum Gasteiger partial charge on any atom is 0.242 e. The maximum atomic E-state index is 12.6. The zero-order valence-corrected chi connectivity index (χ0v) is 17.4. The van der Waals surface area contributed by atoms with E-state index in [-0.39, 0.29) is 24.4 Å². The molecule has 154 valence electrons. The predicted molar refractivity (Wildman–Crippen MR) is 110 cm³/mol. The molecule has 0 spiro atoms. The molecule has 0 saturated heterocycles. The maximum absolute atomic E-state index is 12.6. The van der Waals surface area contributed by atoms with Gasteiger partial charge in [-0.05, 0) is 50.4 Å². The van der Waals surface area contributed by atoms with E-state index in [4.69, 9.17) is 9.47 Å². The molecular formula is C20H29ClN4O3. The molecule has 0 aliphatic heterocycles. The predicted octanol–water partition coefficient (Wildman–Crippen LogP) is 2.75. The number of rotatable bonds is 8. The largest absolute Gasteiger partial charge is 0.493 e. The monoisotopic (exact) mass is 408 g/mol. The van der Waals surface area contributed by atoms with Gasteiger partial charge in [-0.25, -0.2) is 0 Å². The molecule has 1 aliphatic rings. The zero-order valence-electron chi connectivity index (χ0n) is 16.6. The van der Waals surface area contributed by atoms with Gasteiger partial charge in [0.2, 0.25) is 5.91 Å². The number of carbonyl (C=O) groups is 1. The van der Waals surface area contributed by atoms with Gasteiger partial charge >= 0.3 is 0 Å². The average molecular weight is 409 g/mol. The number of hydrogen-bond acceptors (Lipinski definition) is 5. The number of ether oxygens (including phenoxy) is 2. The molecule has 7 nitrogen and oxygen atoms in total. The Bertz CT molecular complexity index is 775. The van der Waals surface area contributed by atoms with E-state index in [0.717, 1.165) is 35.5 Å². The molecule has 1 aromatic heterocycles. The van der Waals surface area contributed by atoms with Gasteiger partial charge < -0.3 is 20.1 Å². The summed E-state index contributed by atoms with van der Waals surface area (Å²) in [4.78, 5) is 12.6. The Morgan fingerprint density at radius 1 is 1.32 bits per heavy atom. The van der Waals surface area contributed by atoms with Gasteiger partial charge in [0, 0.05) is 25.4 Å². The van der Waals surface area contributed by atoms with E-state index in [1.165, 1.54) is 12.8 Å². The normalized spacial score (nSPS) is 15.0. The van der Waals surface area contributed by atoms with Crippen molar-refractivity contribution in [3.63, 3.8) is 0 Å². The summed E-state index contributed by atoms with van der Waals surface area (Å²) in [7, 11) is 5.24. The van der Waals surface area contributed by atoms with E-state index in [9.17, 15) is 4.79 Å². The molecule has 1 atom stereocenters.